The van der Waals surface area contributed by atoms with E-state index in [2.05, 4.69) is 11.4 Å². The maximum atomic E-state index is 12.1. The highest BCUT2D eigenvalue weighted by Gasteiger charge is 2.21. The number of aryl methyl sites for hydroxylation is 1. The number of esters is 1. The summed E-state index contributed by atoms with van der Waals surface area (Å²) in [5.74, 6) is -0.835. The first-order valence-corrected chi connectivity index (χ1v) is 7.97. The Labute approximate surface area is 140 Å². The number of rotatable bonds is 4. The molecular formula is C19H19NO4. The minimum Gasteiger partial charge on any atom is -0.508 e. The first-order valence-electron chi connectivity index (χ1n) is 7.97. The van der Waals surface area contributed by atoms with Crippen molar-refractivity contribution in [2.24, 2.45) is 0 Å². The second kappa shape index (κ2) is 7.17. The zero-order valence-corrected chi connectivity index (χ0v) is 13.2. The van der Waals surface area contributed by atoms with E-state index in [-0.39, 0.29) is 24.3 Å². The van der Waals surface area contributed by atoms with Crippen molar-refractivity contribution < 1.29 is 19.4 Å². The van der Waals surface area contributed by atoms with Crippen LogP contribution in [-0.2, 0) is 16.0 Å². The topological polar surface area (TPSA) is 75.6 Å². The second-order valence-electron chi connectivity index (χ2n) is 5.83. The predicted octanol–water partition coefficient (Wildman–Crippen LogP) is 2.74. The summed E-state index contributed by atoms with van der Waals surface area (Å²) in [6.07, 6.45) is 2.93. The lowest BCUT2D eigenvalue weighted by atomic mass is 9.88. The van der Waals surface area contributed by atoms with Gasteiger partial charge in [0.1, 0.15) is 5.75 Å². The zero-order valence-electron chi connectivity index (χ0n) is 13.2. The minimum absolute atomic E-state index is 0.0326. The Balaban J connectivity index is 1.55. The number of hydrogen-bond donors (Lipinski definition) is 2. The van der Waals surface area contributed by atoms with Gasteiger partial charge in [-0.3, -0.25) is 4.79 Å². The number of carbonyl (C=O) groups excluding carboxylic acids is 2. The van der Waals surface area contributed by atoms with E-state index in [1.165, 1.54) is 29.8 Å². The molecule has 0 aliphatic heterocycles. The van der Waals surface area contributed by atoms with Crippen molar-refractivity contribution in [2.75, 3.05) is 6.61 Å². The molecule has 1 atom stereocenters. The molecule has 0 radical (unpaired) electrons. The molecular weight excluding hydrogens is 306 g/mol. The van der Waals surface area contributed by atoms with Crippen molar-refractivity contribution in [3.05, 3.63) is 65.2 Å². The van der Waals surface area contributed by atoms with E-state index in [1.54, 1.807) is 0 Å². The Kier molecular flexibility index (Phi) is 4.79. The lowest BCUT2D eigenvalue weighted by molar-refractivity contribution is -0.125. The molecule has 2 aromatic carbocycles. The number of aromatic hydroxyl groups is 1. The Morgan fingerprint density at radius 1 is 1.12 bits per heavy atom. The van der Waals surface area contributed by atoms with Gasteiger partial charge in [-0.2, -0.15) is 0 Å². The molecule has 5 heteroatoms. The van der Waals surface area contributed by atoms with Crippen LogP contribution in [0.1, 0.15) is 40.4 Å². The summed E-state index contributed by atoms with van der Waals surface area (Å²) >= 11 is 0. The zero-order chi connectivity index (χ0) is 16.9. The second-order valence-corrected chi connectivity index (χ2v) is 5.83. The standard InChI is InChI=1S/C19H19NO4/c21-15-10-8-14(9-11-15)19(23)24-12-18(22)20-17-7-3-5-13-4-1-2-6-16(13)17/h1-2,4,6,8-11,17,21H,3,5,7,12H2,(H,20,22). The van der Waals surface area contributed by atoms with Crippen molar-refractivity contribution in [3.8, 4) is 5.75 Å². The summed E-state index contributed by atoms with van der Waals surface area (Å²) in [7, 11) is 0. The van der Waals surface area contributed by atoms with Crippen LogP contribution >= 0.6 is 0 Å². The summed E-state index contributed by atoms with van der Waals surface area (Å²) in [5, 5.41) is 12.1. The molecule has 0 saturated heterocycles. The third-order valence-electron chi connectivity index (χ3n) is 4.14. The van der Waals surface area contributed by atoms with E-state index < -0.39 is 5.97 Å². The van der Waals surface area contributed by atoms with Crippen molar-refractivity contribution >= 4 is 11.9 Å². The molecule has 1 aliphatic carbocycles. The summed E-state index contributed by atoms with van der Waals surface area (Å²) < 4.78 is 5.03. The average Bonchev–Trinajstić information content (AvgIpc) is 2.61. The van der Waals surface area contributed by atoms with Gasteiger partial charge in [0.15, 0.2) is 6.61 Å². The van der Waals surface area contributed by atoms with E-state index in [9.17, 15) is 14.7 Å². The summed E-state index contributed by atoms with van der Waals surface area (Å²) in [6, 6.07) is 13.7. The number of nitrogens with one attached hydrogen (secondary N) is 1. The lowest BCUT2D eigenvalue weighted by Gasteiger charge is -2.26. The normalized spacial score (nSPS) is 16.1. The first-order chi connectivity index (χ1) is 11.6. The van der Waals surface area contributed by atoms with Crippen LogP contribution in [0.3, 0.4) is 0 Å². The number of amides is 1. The molecule has 1 amide bonds. The molecule has 24 heavy (non-hydrogen) atoms. The summed E-state index contributed by atoms with van der Waals surface area (Å²) in [6.45, 7) is -0.321. The monoisotopic (exact) mass is 325 g/mol. The molecule has 0 aromatic heterocycles. The maximum absolute atomic E-state index is 12.1. The van der Waals surface area contributed by atoms with Crippen LogP contribution in [0.4, 0.5) is 0 Å². The maximum Gasteiger partial charge on any atom is 0.338 e. The quantitative estimate of drug-likeness (QED) is 0.848. The molecule has 3 rings (SSSR count). The SMILES string of the molecule is O=C(COC(=O)c1ccc(O)cc1)NC1CCCc2ccccc21. The Hall–Kier alpha value is -2.82. The molecule has 0 saturated carbocycles. The predicted molar refractivity (Wildman–Crippen MR) is 88.7 cm³/mol. The largest absolute Gasteiger partial charge is 0.508 e. The molecule has 0 spiro atoms. The van der Waals surface area contributed by atoms with Gasteiger partial charge < -0.3 is 15.2 Å². The van der Waals surface area contributed by atoms with Gasteiger partial charge in [-0.1, -0.05) is 24.3 Å². The van der Waals surface area contributed by atoms with Gasteiger partial charge in [-0.05, 0) is 54.7 Å². The fourth-order valence-corrected chi connectivity index (χ4v) is 2.95. The number of ether oxygens (including phenoxy) is 1. The van der Waals surface area contributed by atoms with E-state index in [0.717, 1.165) is 24.8 Å². The van der Waals surface area contributed by atoms with Crippen LogP contribution in [0.25, 0.3) is 0 Å². The number of phenolic OH excluding ortho intramolecular Hbond substituents is 1. The lowest BCUT2D eigenvalue weighted by Crippen LogP contribution is -2.34. The molecule has 0 heterocycles. The van der Waals surface area contributed by atoms with Crippen LogP contribution in [0, 0.1) is 0 Å². The molecule has 0 bridgehead atoms. The number of phenols is 1. The van der Waals surface area contributed by atoms with Crippen LogP contribution in [-0.4, -0.2) is 23.6 Å². The van der Waals surface area contributed by atoms with Gasteiger partial charge in [-0.15, -0.1) is 0 Å². The van der Waals surface area contributed by atoms with Crippen LogP contribution in [0.2, 0.25) is 0 Å². The Morgan fingerprint density at radius 2 is 1.88 bits per heavy atom. The highest BCUT2D eigenvalue weighted by molar-refractivity contribution is 5.91. The number of fused-ring (bicyclic) bond motifs is 1. The van der Waals surface area contributed by atoms with Crippen molar-refractivity contribution in [1.29, 1.82) is 0 Å². The summed E-state index contributed by atoms with van der Waals surface area (Å²) in [4.78, 5) is 23.9. The fourth-order valence-electron chi connectivity index (χ4n) is 2.95. The van der Waals surface area contributed by atoms with Crippen molar-refractivity contribution in [2.45, 2.75) is 25.3 Å². The van der Waals surface area contributed by atoms with Gasteiger partial charge in [0.2, 0.25) is 0 Å². The minimum atomic E-state index is -0.589. The van der Waals surface area contributed by atoms with E-state index in [4.69, 9.17) is 4.74 Å². The summed E-state index contributed by atoms with van der Waals surface area (Å²) in [5.41, 5.74) is 2.70. The van der Waals surface area contributed by atoms with E-state index in [1.807, 2.05) is 18.2 Å². The van der Waals surface area contributed by atoms with Crippen LogP contribution < -0.4 is 5.32 Å². The smallest absolute Gasteiger partial charge is 0.338 e. The molecule has 1 aliphatic rings. The molecule has 124 valence electrons. The van der Waals surface area contributed by atoms with Crippen LogP contribution in [0.5, 0.6) is 5.75 Å². The molecule has 2 N–H and O–H groups in total. The fraction of sp³-hybridized carbons (Fsp3) is 0.263. The van der Waals surface area contributed by atoms with E-state index >= 15 is 0 Å². The van der Waals surface area contributed by atoms with Gasteiger partial charge in [0.05, 0.1) is 11.6 Å². The van der Waals surface area contributed by atoms with Gasteiger partial charge in [0, 0.05) is 0 Å². The van der Waals surface area contributed by atoms with E-state index in [0.29, 0.717) is 5.56 Å². The van der Waals surface area contributed by atoms with Gasteiger partial charge >= 0.3 is 5.97 Å². The Bertz CT molecular complexity index is 739. The van der Waals surface area contributed by atoms with Gasteiger partial charge in [-0.25, -0.2) is 4.79 Å². The molecule has 0 fully saturated rings. The highest BCUT2D eigenvalue weighted by Crippen LogP contribution is 2.29. The average molecular weight is 325 g/mol. The molecule has 2 aromatic rings. The Morgan fingerprint density at radius 3 is 2.67 bits per heavy atom. The number of benzene rings is 2. The molecule has 5 nitrogen and oxygen atoms in total. The third kappa shape index (κ3) is 3.74. The molecule has 1 unspecified atom stereocenters. The van der Waals surface area contributed by atoms with Crippen molar-refractivity contribution in [1.82, 2.24) is 5.32 Å². The third-order valence-corrected chi connectivity index (χ3v) is 4.14. The van der Waals surface area contributed by atoms with Crippen LogP contribution in [0.15, 0.2) is 48.5 Å². The number of carbonyl (C=O) groups is 2. The first kappa shape index (κ1) is 16.1. The van der Waals surface area contributed by atoms with Gasteiger partial charge in [0.25, 0.3) is 5.91 Å². The number of hydrogen-bond acceptors (Lipinski definition) is 4. The highest BCUT2D eigenvalue weighted by atomic mass is 16.5. The van der Waals surface area contributed by atoms with Crippen molar-refractivity contribution in [3.63, 3.8) is 0 Å².